The summed E-state index contributed by atoms with van der Waals surface area (Å²) in [5, 5.41) is 14.6. The number of amides is 1. The lowest BCUT2D eigenvalue weighted by molar-refractivity contribution is -0.383. The lowest BCUT2D eigenvalue weighted by atomic mass is 10.3. The van der Waals surface area contributed by atoms with Crippen LogP contribution in [0.25, 0.3) is 0 Å². The highest BCUT2D eigenvalue weighted by Gasteiger charge is 2.13. The number of benzene rings is 1. The van der Waals surface area contributed by atoms with Crippen molar-refractivity contribution in [1.29, 1.82) is 0 Å². The fourth-order valence-corrected chi connectivity index (χ4v) is 1.27. The van der Waals surface area contributed by atoms with Crippen molar-refractivity contribution in [2.45, 2.75) is 6.42 Å². The van der Waals surface area contributed by atoms with Crippen LogP contribution < -0.4 is 16.9 Å². The number of carbonyl (C=O) groups is 1. The van der Waals surface area contributed by atoms with Crippen molar-refractivity contribution in [3.8, 4) is 0 Å². The van der Waals surface area contributed by atoms with E-state index in [1.807, 2.05) is 0 Å². The number of carbonyl (C=O) groups excluding carboxylic acids is 1. The number of rotatable bonds is 5. The van der Waals surface area contributed by atoms with Crippen LogP contribution in [0.2, 0.25) is 5.02 Å². The molecule has 8 nitrogen and oxygen atoms in total. The van der Waals surface area contributed by atoms with Crippen molar-refractivity contribution in [3.63, 3.8) is 0 Å². The summed E-state index contributed by atoms with van der Waals surface area (Å²) < 4.78 is 0. The van der Waals surface area contributed by atoms with Gasteiger partial charge in [0.25, 0.3) is 5.69 Å². The van der Waals surface area contributed by atoms with Gasteiger partial charge in [0.1, 0.15) is 11.5 Å². The van der Waals surface area contributed by atoms with Gasteiger partial charge in [-0.05, 0) is 12.1 Å². The van der Waals surface area contributed by atoms with Crippen molar-refractivity contribution in [1.82, 2.24) is 0 Å². The van der Waals surface area contributed by atoms with E-state index in [-0.39, 0.29) is 28.7 Å². The van der Waals surface area contributed by atoms with Crippen molar-refractivity contribution in [2.75, 3.05) is 5.43 Å². The minimum Gasteiger partial charge on any atom is -0.385 e. The van der Waals surface area contributed by atoms with Gasteiger partial charge in [-0.15, -0.1) is 0 Å². The Balaban J connectivity index is 2.91. The quantitative estimate of drug-likeness (QED) is 0.315. The van der Waals surface area contributed by atoms with E-state index in [1.54, 1.807) is 0 Å². The van der Waals surface area contributed by atoms with Gasteiger partial charge in [0.15, 0.2) is 0 Å². The van der Waals surface area contributed by atoms with Gasteiger partial charge in [-0.1, -0.05) is 11.6 Å². The van der Waals surface area contributed by atoms with Gasteiger partial charge in [0, 0.05) is 11.1 Å². The number of halogens is 1. The molecule has 96 valence electrons. The summed E-state index contributed by atoms with van der Waals surface area (Å²) >= 11 is 5.64. The number of amidine groups is 1. The van der Waals surface area contributed by atoms with Gasteiger partial charge in [-0.3, -0.25) is 20.3 Å². The van der Waals surface area contributed by atoms with Gasteiger partial charge in [0.2, 0.25) is 5.91 Å². The molecule has 1 amide bonds. The molecule has 0 fully saturated rings. The third kappa shape index (κ3) is 3.91. The highest BCUT2D eigenvalue weighted by molar-refractivity contribution is 6.30. The zero-order valence-electron chi connectivity index (χ0n) is 9.09. The molecule has 0 unspecified atom stereocenters. The van der Waals surface area contributed by atoms with Crippen molar-refractivity contribution >= 4 is 34.7 Å². The van der Waals surface area contributed by atoms with E-state index in [1.165, 1.54) is 18.2 Å². The molecule has 0 saturated carbocycles. The molecule has 0 heterocycles. The Morgan fingerprint density at radius 3 is 2.72 bits per heavy atom. The minimum absolute atomic E-state index is 0.0771. The number of nitrogens with zero attached hydrogens (tertiary/aromatic N) is 2. The van der Waals surface area contributed by atoms with Crippen LogP contribution in [0.3, 0.4) is 0 Å². The second-order valence-corrected chi connectivity index (χ2v) is 3.71. The molecule has 0 atom stereocenters. The number of nitrogens with two attached hydrogens (primary N) is 2. The second kappa shape index (κ2) is 5.82. The van der Waals surface area contributed by atoms with E-state index in [9.17, 15) is 14.9 Å². The Bertz CT molecular complexity index is 517. The third-order valence-electron chi connectivity index (χ3n) is 1.83. The number of hydrogen-bond donors (Lipinski definition) is 3. The number of nitrogens with one attached hydrogen (secondary N) is 1. The molecule has 1 rings (SSSR count). The maximum atomic E-state index is 10.7. The smallest absolute Gasteiger partial charge is 0.295 e. The van der Waals surface area contributed by atoms with Crippen molar-refractivity contribution in [2.24, 2.45) is 16.6 Å². The maximum Gasteiger partial charge on any atom is 0.295 e. The molecular weight excluding hydrogens is 262 g/mol. The predicted octanol–water partition coefficient (Wildman–Crippen LogP) is 0.808. The summed E-state index contributed by atoms with van der Waals surface area (Å²) in [6.45, 7) is 0. The fraction of sp³-hybridized carbons (Fsp3) is 0.111. The molecule has 0 saturated heterocycles. The van der Waals surface area contributed by atoms with E-state index in [0.29, 0.717) is 0 Å². The molecule has 0 radical (unpaired) electrons. The zero-order chi connectivity index (χ0) is 13.7. The Kier molecular flexibility index (Phi) is 4.44. The van der Waals surface area contributed by atoms with Crippen LogP contribution in [0.4, 0.5) is 11.4 Å². The van der Waals surface area contributed by atoms with Crippen LogP contribution in [0.1, 0.15) is 6.42 Å². The number of hydrogen-bond acceptors (Lipinski definition) is 5. The normalized spacial score (nSPS) is 11.1. The molecule has 0 aliphatic heterocycles. The van der Waals surface area contributed by atoms with E-state index in [2.05, 4.69) is 10.5 Å². The summed E-state index contributed by atoms with van der Waals surface area (Å²) in [7, 11) is 0. The lowest BCUT2D eigenvalue weighted by Crippen LogP contribution is -2.23. The molecule has 18 heavy (non-hydrogen) atoms. The van der Waals surface area contributed by atoms with Gasteiger partial charge in [0.05, 0.1) is 11.3 Å². The van der Waals surface area contributed by atoms with E-state index in [0.717, 1.165) is 0 Å². The number of nitro groups is 1. The van der Waals surface area contributed by atoms with Crippen molar-refractivity contribution in [3.05, 3.63) is 33.3 Å². The first-order valence-electron chi connectivity index (χ1n) is 4.70. The molecule has 0 aliphatic carbocycles. The summed E-state index contributed by atoms with van der Waals surface area (Å²) in [5.41, 5.74) is 12.5. The Morgan fingerprint density at radius 2 is 2.17 bits per heavy atom. The average Bonchev–Trinajstić information content (AvgIpc) is 2.26. The molecule has 5 N–H and O–H groups in total. The third-order valence-corrected chi connectivity index (χ3v) is 2.07. The first-order chi connectivity index (χ1) is 8.40. The van der Waals surface area contributed by atoms with Crippen LogP contribution in [0.15, 0.2) is 23.3 Å². The molecule has 1 aromatic rings. The highest BCUT2D eigenvalue weighted by atomic mass is 35.5. The molecule has 0 aromatic heterocycles. The number of anilines is 1. The monoisotopic (exact) mass is 271 g/mol. The van der Waals surface area contributed by atoms with Crippen molar-refractivity contribution < 1.29 is 9.72 Å². The van der Waals surface area contributed by atoms with E-state index in [4.69, 9.17) is 23.1 Å². The molecular formula is C9H10ClN5O3. The summed E-state index contributed by atoms with van der Waals surface area (Å²) in [5.74, 6) is -0.726. The number of primary amides is 1. The highest BCUT2D eigenvalue weighted by Crippen LogP contribution is 2.27. The molecule has 0 aliphatic rings. The van der Waals surface area contributed by atoms with Crippen LogP contribution in [0.5, 0.6) is 0 Å². The minimum atomic E-state index is -0.649. The average molecular weight is 272 g/mol. The first-order valence-corrected chi connectivity index (χ1v) is 5.08. The Hall–Kier alpha value is -2.35. The summed E-state index contributed by atoms with van der Waals surface area (Å²) in [6, 6.07) is 4.00. The largest absolute Gasteiger partial charge is 0.385 e. The molecule has 0 spiro atoms. The van der Waals surface area contributed by atoms with Gasteiger partial charge in [-0.2, -0.15) is 5.10 Å². The number of nitro benzene ring substituents is 1. The summed E-state index contributed by atoms with van der Waals surface area (Å²) in [6.07, 6.45) is -0.242. The zero-order valence-corrected chi connectivity index (χ0v) is 9.85. The predicted molar refractivity (Wildman–Crippen MR) is 67.2 cm³/mol. The van der Waals surface area contributed by atoms with E-state index < -0.39 is 10.8 Å². The lowest BCUT2D eigenvalue weighted by Gasteiger charge is -2.03. The van der Waals surface area contributed by atoms with Crippen LogP contribution in [-0.4, -0.2) is 16.7 Å². The molecule has 0 bridgehead atoms. The molecule has 1 aromatic carbocycles. The second-order valence-electron chi connectivity index (χ2n) is 3.28. The van der Waals surface area contributed by atoms with Crippen LogP contribution >= 0.6 is 11.6 Å². The SMILES string of the molecule is NC(=O)C/C(N)=N\Nc1ccc(Cl)cc1[N+](=O)[O-]. The fourth-order valence-electron chi connectivity index (χ4n) is 1.10. The van der Waals surface area contributed by atoms with Gasteiger partial charge in [-0.25, -0.2) is 0 Å². The van der Waals surface area contributed by atoms with Gasteiger partial charge >= 0.3 is 0 Å². The van der Waals surface area contributed by atoms with Gasteiger partial charge < -0.3 is 11.5 Å². The Labute approximate surface area is 107 Å². The van der Waals surface area contributed by atoms with Crippen LogP contribution in [-0.2, 0) is 4.79 Å². The number of hydrazone groups is 1. The maximum absolute atomic E-state index is 10.7. The van der Waals surface area contributed by atoms with Crippen LogP contribution in [0, 0.1) is 10.1 Å². The first kappa shape index (κ1) is 13.7. The topological polar surface area (TPSA) is 137 Å². The van der Waals surface area contributed by atoms with E-state index >= 15 is 0 Å². The standard InChI is InChI=1S/C9H10ClN5O3/c10-5-1-2-6(7(3-5)15(17)18)13-14-8(11)4-9(12)16/h1-3,13H,4H2,(H2,11,14)(H2,12,16). The molecule has 9 heteroatoms. The summed E-state index contributed by atoms with van der Waals surface area (Å²) in [4.78, 5) is 20.7. The Morgan fingerprint density at radius 1 is 1.50 bits per heavy atom.